The van der Waals surface area contributed by atoms with Gasteiger partial charge < -0.3 is 14.6 Å². The molecule has 4 heterocycles. The monoisotopic (exact) mass is 598 g/mol. The molecule has 174 valence electrons. The first-order valence-electron chi connectivity index (χ1n) is 10.0. The molecule has 0 saturated carbocycles. The molecule has 1 aromatic carbocycles. The van der Waals surface area contributed by atoms with Crippen molar-refractivity contribution in [3.05, 3.63) is 72.0 Å². The van der Waals surface area contributed by atoms with Gasteiger partial charge >= 0.3 is 0 Å². The minimum atomic E-state index is -0.384. The Morgan fingerprint density at radius 1 is 1.15 bits per heavy atom. The number of nitrogens with one attached hydrogen (secondary N) is 1. The van der Waals surface area contributed by atoms with Gasteiger partial charge in [-0.05, 0) is 40.9 Å². The zero-order valence-corrected chi connectivity index (χ0v) is 21.8. The first-order valence-corrected chi connectivity index (χ1v) is 12.8. The third kappa shape index (κ3) is 4.52. The van der Waals surface area contributed by atoms with Crippen molar-refractivity contribution in [2.24, 2.45) is 0 Å². The maximum Gasteiger partial charge on any atom is 0.276 e. The van der Waals surface area contributed by atoms with Crippen molar-refractivity contribution in [3.63, 3.8) is 0 Å². The molecule has 13 heteroatoms. The van der Waals surface area contributed by atoms with E-state index in [4.69, 9.17) is 34.8 Å². The normalized spacial score (nSPS) is 15.8. The molecule has 0 radical (unpaired) electrons. The van der Waals surface area contributed by atoms with Crippen molar-refractivity contribution >= 4 is 85.3 Å². The molecule has 2 amide bonds. The first kappa shape index (κ1) is 23.5. The quantitative estimate of drug-likeness (QED) is 0.284. The van der Waals surface area contributed by atoms with Crippen molar-refractivity contribution in [1.82, 2.24) is 24.3 Å². The van der Waals surface area contributed by atoms with Crippen LogP contribution in [-0.2, 0) is 0 Å². The highest BCUT2D eigenvalue weighted by atomic mass is 79.9. The highest BCUT2D eigenvalue weighted by Crippen LogP contribution is 2.37. The van der Waals surface area contributed by atoms with E-state index in [-0.39, 0.29) is 38.6 Å². The van der Waals surface area contributed by atoms with Crippen molar-refractivity contribution < 1.29 is 9.59 Å². The minimum absolute atomic E-state index is 0.211. The highest BCUT2D eigenvalue weighted by molar-refractivity contribution is 9.10. The van der Waals surface area contributed by atoms with E-state index in [1.54, 1.807) is 33.3 Å². The third-order valence-electron chi connectivity index (χ3n) is 5.34. The van der Waals surface area contributed by atoms with Crippen molar-refractivity contribution in [3.8, 4) is 0 Å². The van der Waals surface area contributed by atoms with Crippen molar-refractivity contribution in [2.45, 2.75) is 18.9 Å². The summed E-state index contributed by atoms with van der Waals surface area (Å²) in [6.45, 7) is 0.563. The van der Waals surface area contributed by atoms with Crippen LogP contribution in [0.3, 0.4) is 0 Å². The molecule has 3 aromatic heterocycles. The van der Waals surface area contributed by atoms with Crippen LogP contribution in [-0.4, -0.2) is 42.6 Å². The fourth-order valence-corrected chi connectivity index (χ4v) is 5.64. The average Bonchev–Trinajstić information content (AvgIpc) is 3.54. The molecule has 1 aliphatic heterocycles. The number of rotatable bonds is 4. The molecule has 5 rings (SSSR count). The fourth-order valence-electron chi connectivity index (χ4n) is 3.77. The number of fused-ring (bicyclic) bond motifs is 1. The Kier molecular flexibility index (Phi) is 6.51. The molecule has 1 fully saturated rings. The van der Waals surface area contributed by atoms with Gasteiger partial charge in [0.1, 0.15) is 15.3 Å². The molecular formula is C21H14BrCl3N6O2S. The maximum atomic E-state index is 13.2. The van der Waals surface area contributed by atoms with Crippen molar-refractivity contribution in [2.75, 3.05) is 11.9 Å². The number of imidazole rings is 1. The molecule has 0 bridgehead atoms. The van der Waals surface area contributed by atoms with Gasteiger partial charge in [-0.2, -0.15) is 0 Å². The van der Waals surface area contributed by atoms with Gasteiger partial charge in [-0.3, -0.25) is 9.59 Å². The number of hydrogen-bond donors (Lipinski definition) is 1. The number of aromatic nitrogens is 4. The van der Waals surface area contributed by atoms with Crippen LogP contribution in [0.1, 0.15) is 44.7 Å². The van der Waals surface area contributed by atoms with Gasteiger partial charge in [0.15, 0.2) is 11.5 Å². The summed E-state index contributed by atoms with van der Waals surface area (Å²) in [4.78, 5) is 40.6. The van der Waals surface area contributed by atoms with Crippen LogP contribution in [0, 0.1) is 0 Å². The Balaban J connectivity index is 1.33. The zero-order valence-electron chi connectivity index (χ0n) is 17.1. The van der Waals surface area contributed by atoms with E-state index in [0.29, 0.717) is 33.2 Å². The van der Waals surface area contributed by atoms with E-state index < -0.39 is 0 Å². The van der Waals surface area contributed by atoms with Gasteiger partial charge in [-0.1, -0.05) is 34.8 Å². The summed E-state index contributed by atoms with van der Waals surface area (Å²) in [5, 5.41) is 5.77. The van der Waals surface area contributed by atoms with Crippen molar-refractivity contribution in [1.29, 1.82) is 0 Å². The lowest BCUT2D eigenvalue weighted by Crippen LogP contribution is -2.30. The first-order chi connectivity index (χ1) is 16.3. The third-order valence-corrected chi connectivity index (χ3v) is 7.89. The fraction of sp³-hybridized carbons (Fsp3) is 0.190. The molecule has 0 unspecified atom stereocenters. The highest BCUT2D eigenvalue weighted by Gasteiger charge is 2.33. The standard InChI is InChI=1S/C21H14BrCl3N6O2S/c22-15-7-30-8-16(28-17(30)6-26-15)29-19(32)13-9-34-20(27-13)14-2-1-3-31(14)21(33)10-4-11(23)18(25)12(24)5-10/h4-9,14H,1-3H2,(H,29,32)/t14-/m1/s1. The summed E-state index contributed by atoms with van der Waals surface area (Å²) in [5.41, 5.74) is 1.21. The molecule has 4 aromatic rings. The Hall–Kier alpha value is -2.24. The van der Waals surface area contributed by atoms with E-state index in [9.17, 15) is 9.59 Å². The van der Waals surface area contributed by atoms with Crippen LogP contribution in [0.5, 0.6) is 0 Å². The molecule has 34 heavy (non-hydrogen) atoms. The lowest BCUT2D eigenvalue weighted by Gasteiger charge is -2.23. The second-order valence-corrected chi connectivity index (χ2v) is 10.4. The number of carbonyl (C=O) groups excluding carboxylic acids is 2. The summed E-state index contributed by atoms with van der Waals surface area (Å²) < 4.78 is 2.40. The Labute approximate surface area is 221 Å². The minimum Gasteiger partial charge on any atom is -0.329 e. The number of carbonyl (C=O) groups is 2. The molecule has 0 aliphatic carbocycles. The number of likely N-dealkylation sites (tertiary alicyclic amines) is 1. The van der Waals surface area contributed by atoms with Crippen LogP contribution < -0.4 is 5.32 Å². The molecule has 1 N–H and O–H groups in total. The number of anilines is 1. The molecular weight excluding hydrogens is 587 g/mol. The van der Waals surface area contributed by atoms with E-state index in [1.807, 2.05) is 0 Å². The summed E-state index contributed by atoms with van der Waals surface area (Å²) in [7, 11) is 0. The molecule has 8 nitrogen and oxygen atoms in total. The Morgan fingerprint density at radius 3 is 2.68 bits per heavy atom. The lowest BCUT2D eigenvalue weighted by molar-refractivity contribution is 0.0735. The Bertz CT molecular complexity index is 1420. The number of amides is 2. The van der Waals surface area contributed by atoms with E-state index in [0.717, 1.165) is 12.8 Å². The predicted molar refractivity (Wildman–Crippen MR) is 135 cm³/mol. The molecule has 1 aliphatic rings. The summed E-state index contributed by atoms with van der Waals surface area (Å²) >= 11 is 22.9. The predicted octanol–water partition coefficient (Wildman–Crippen LogP) is 6.14. The summed E-state index contributed by atoms with van der Waals surface area (Å²) in [5.74, 6) is -0.215. The number of nitrogens with zero attached hydrogens (tertiary/aromatic N) is 5. The maximum absolute atomic E-state index is 13.2. The topological polar surface area (TPSA) is 92.5 Å². The second-order valence-electron chi connectivity index (χ2n) is 7.54. The van der Waals surface area contributed by atoms with Gasteiger partial charge in [-0.15, -0.1) is 11.3 Å². The van der Waals surface area contributed by atoms with E-state index in [1.165, 1.54) is 23.5 Å². The lowest BCUT2D eigenvalue weighted by atomic mass is 10.1. The zero-order chi connectivity index (χ0) is 24.0. The summed E-state index contributed by atoms with van der Waals surface area (Å²) in [6, 6.07) is 2.78. The van der Waals surface area contributed by atoms with Crippen LogP contribution >= 0.6 is 62.1 Å². The van der Waals surface area contributed by atoms with E-state index in [2.05, 4.69) is 36.2 Å². The molecule has 0 spiro atoms. The number of halogens is 4. The van der Waals surface area contributed by atoms with Crippen LogP contribution in [0.15, 0.2) is 40.7 Å². The number of thiazole rings is 1. The summed E-state index contributed by atoms with van der Waals surface area (Å²) in [6.07, 6.45) is 6.58. The van der Waals surface area contributed by atoms with Gasteiger partial charge in [0.05, 0.1) is 33.5 Å². The van der Waals surface area contributed by atoms with Crippen LogP contribution in [0.25, 0.3) is 5.65 Å². The number of hydrogen-bond acceptors (Lipinski definition) is 6. The average molecular weight is 601 g/mol. The van der Waals surface area contributed by atoms with E-state index >= 15 is 0 Å². The van der Waals surface area contributed by atoms with Gasteiger partial charge in [0.25, 0.3) is 11.8 Å². The number of benzene rings is 1. The van der Waals surface area contributed by atoms with Crippen LogP contribution in [0.2, 0.25) is 15.1 Å². The van der Waals surface area contributed by atoms with Gasteiger partial charge in [0, 0.05) is 23.7 Å². The van der Waals surface area contributed by atoms with Gasteiger partial charge in [-0.25, -0.2) is 15.0 Å². The van der Waals surface area contributed by atoms with Crippen LogP contribution in [0.4, 0.5) is 5.82 Å². The largest absolute Gasteiger partial charge is 0.329 e. The molecule has 1 saturated heterocycles. The second kappa shape index (κ2) is 9.43. The smallest absolute Gasteiger partial charge is 0.276 e. The van der Waals surface area contributed by atoms with Gasteiger partial charge in [0.2, 0.25) is 0 Å². The molecule has 1 atom stereocenters. The Morgan fingerprint density at radius 2 is 1.91 bits per heavy atom. The SMILES string of the molecule is O=C(Nc1cn2cc(Br)ncc2n1)c1csc([C@H]2CCCN2C(=O)c2cc(Cl)c(Cl)c(Cl)c2)n1.